The minimum atomic E-state index is -0.685. The van der Waals surface area contributed by atoms with Crippen molar-refractivity contribution in [1.82, 2.24) is 0 Å². The summed E-state index contributed by atoms with van der Waals surface area (Å²) in [6.45, 7) is 0. The summed E-state index contributed by atoms with van der Waals surface area (Å²) in [6, 6.07) is 22.8. The number of hydrogen-bond acceptors (Lipinski definition) is 2. The monoisotopic (exact) mass is 356 g/mol. The van der Waals surface area contributed by atoms with Gasteiger partial charge in [-0.1, -0.05) is 78.6 Å². The summed E-state index contributed by atoms with van der Waals surface area (Å²) in [5, 5.41) is 22.8. The molecular weight excluding hydrogens is 340 g/mol. The normalized spacial score (nSPS) is 15.4. The van der Waals surface area contributed by atoms with Gasteiger partial charge in [0.25, 0.3) is 0 Å². The maximum atomic E-state index is 9.10. The van der Waals surface area contributed by atoms with Gasteiger partial charge in [-0.3, -0.25) is 0 Å². The van der Waals surface area contributed by atoms with Crippen LogP contribution in [0.25, 0.3) is 21.5 Å². The molecule has 0 saturated carbocycles. The molecule has 130 valence electrons. The molecule has 1 aliphatic carbocycles. The van der Waals surface area contributed by atoms with Gasteiger partial charge in [-0.15, -0.1) is 0 Å². The summed E-state index contributed by atoms with van der Waals surface area (Å²) in [7, 11) is 0. The third-order valence-electron chi connectivity index (χ3n) is 4.87. The highest BCUT2D eigenvalue weighted by Crippen LogP contribution is 2.28. The lowest BCUT2D eigenvalue weighted by atomic mass is 9.94. The lowest BCUT2D eigenvalue weighted by Gasteiger charge is -2.06. The van der Waals surface area contributed by atoms with Crippen LogP contribution in [0.15, 0.2) is 90.6 Å². The van der Waals surface area contributed by atoms with Crippen molar-refractivity contribution in [1.29, 1.82) is 10.5 Å². The van der Waals surface area contributed by atoms with Crippen molar-refractivity contribution >= 4 is 21.5 Å². The molecule has 3 aromatic rings. The van der Waals surface area contributed by atoms with Gasteiger partial charge in [0, 0.05) is 17.1 Å². The topological polar surface area (TPSA) is 47.6 Å². The zero-order valence-corrected chi connectivity index (χ0v) is 15.1. The molecule has 4 rings (SSSR count). The van der Waals surface area contributed by atoms with Crippen LogP contribution in [0.5, 0.6) is 0 Å². The molecule has 0 aliphatic heterocycles. The van der Waals surface area contributed by atoms with Crippen LogP contribution in [-0.2, 0) is 0 Å². The Balaban J connectivity index is 1.78. The first-order chi connectivity index (χ1) is 13.8. The number of nitriles is 2. The smallest absolute Gasteiger partial charge is 0.143 e. The predicted molar refractivity (Wildman–Crippen MR) is 113 cm³/mol. The molecule has 2 heteroatoms. The van der Waals surface area contributed by atoms with Crippen molar-refractivity contribution < 1.29 is 0 Å². The van der Waals surface area contributed by atoms with Crippen LogP contribution in [0.3, 0.4) is 0 Å². The third-order valence-corrected chi connectivity index (χ3v) is 4.87. The molecule has 0 amide bonds. The summed E-state index contributed by atoms with van der Waals surface area (Å²) in [4.78, 5) is 0. The molecular formula is C26H16N2. The maximum Gasteiger partial charge on any atom is 0.143 e. The van der Waals surface area contributed by atoms with E-state index >= 15 is 0 Å². The SMILES string of the molecule is N#CC(C#N)C1C=CC=C(C#Cc2c3ccccc3cc3ccccc23)C=C1. The largest absolute Gasteiger partial charge is 0.197 e. The average Bonchev–Trinajstić information content (AvgIpc) is 2.98. The zero-order chi connectivity index (χ0) is 19.3. The molecule has 1 aliphatic rings. The molecule has 0 aromatic heterocycles. The maximum absolute atomic E-state index is 9.10. The van der Waals surface area contributed by atoms with Crippen LogP contribution in [0.2, 0.25) is 0 Å². The van der Waals surface area contributed by atoms with Gasteiger partial charge in [-0.05, 0) is 39.8 Å². The van der Waals surface area contributed by atoms with E-state index in [1.165, 1.54) is 10.8 Å². The zero-order valence-electron chi connectivity index (χ0n) is 15.1. The molecule has 0 spiro atoms. The summed E-state index contributed by atoms with van der Waals surface area (Å²) < 4.78 is 0. The summed E-state index contributed by atoms with van der Waals surface area (Å²) in [5.74, 6) is 5.73. The van der Waals surface area contributed by atoms with Gasteiger partial charge in [0.15, 0.2) is 0 Å². The summed E-state index contributed by atoms with van der Waals surface area (Å²) in [6.07, 6.45) is 9.44. The van der Waals surface area contributed by atoms with Crippen molar-refractivity contribution in [3.63, 3.8) is 0 Å². The fraction of sp³-hybridized carbons (Fsp3) is 0.0769. The fourth-order valence-electron chi connectivity index (χ4n) is 3.41. The van der Waals surface area contributed by atoms with Crippen LogP contribution in [0.1, 0.15) is 5.56 Å². The van der Waals surface area contributed by atoms with E-state index in [0.717, 1.165) is 21.9 Å². The molecule has 0 N–H and O–H groups in total. The lowest BCUT2D eigenvalue weighted by Crippen LogP contribution is -2.05. The Bertz CT molecular complexity index is 1230. The second kappa shape index (κ2) is 7.67. The molecule has 1 unspecified atom stereocenters. The van der Waals surface area contributed by atoms with Gasteiger partial charge in [-0.2, -0.15) is 10.5 Å². The van der Waals surface area contributed by atoms with E-state index in [-0.39, 0.29) is 5.92 Å². The second-order valence-electron chi connectivity index (χ2n) is 6.62. The molecule has 3 aromatic carbocycles. The Hall–Kier alpha value is -4.06. The highest BCUT2D eigenvalue weighted by molar-refractivity contribution is 6.04. The Morgan fingerprint density at radius 3 is 2.07 bits per heavy atom. The van der Waals surface area contributed by atoms with E-state index in [4.69, 9.17) is 10.5 Å². The number of benzene rings is 3. The average molecular weight is 356 g/mol. The first kappa shape index (κ1) is 17.4. The van der Waals surface area contributed by atoms with Gasteiger partial charge in [-0.25, -0.2) is 0 Å². The highest BCUT2D eigenvalue weighted by Gasteiger charge is 2.15. The minimum Gasteiger partial charge on any atom is -0.197 e. The minimum absolute atomic E-state index is 0.219. The van der Waals surface area contributed by atoms with E-state index in [1.807, 2.05) is 66.8 Å². The molecule has 1 atom stereocenters. The first-order valence-electron chi connectivity index (χ1n) is 9.08. The number of nitrogens with zero attached hydrogens (tertiary/aromatic N) is 2. The first-order valence-corrected chi connectivity index (χ1v) is 9.08. The number of fused-ring (bicyclic) bond motifs is 2. The fourth-order valence-corrected chi connectivity index (χ4v) is 3.41. The van der Waals surface area contributed by atoms with Gasteiger partial charge < -0.3 is 0 Å². The molecule has 0 heterocycles. The Labute approximate surface area is 164 Å². The Morgan fingerprint density at radius 2 is 1.43 bits per heavy atom. The van der Waals surface area contributed by atoms with E-state index in [0.29, 0.717) is 0 Å². The van der Waals surface area contributed by atoms with Crippen molar-refractivity contribution in [2.24, 2.45) is 11.8 Å². The molecule has 2 nitrogen and oxygen atoms in total. The van der Waals surface area contributed by atoms with Gasteiger partial charge in [0.2, 0.25) is 0 Å². The van der Waals surface area contributed by atoms with Crippen LogP contribution in [0.4, 0.5) is 0 Å². The van der Waals surface area contributed by atoms with Gasteiger partial charge >= 0.3 is 0 Å². The molecule has 0 bridgehead atoms. The summed E-state index contributed by atoms with van der Waals surface area (Å²) >= 11 is 0. The quantitative estimate of drug-likeness (QED) is 0.416. The predicted octanol–water partition coefficient (Wildman–Crippen LogP) is 5.68. The van der Waals surface area contributed by atoms with Crippen LogP contribution in [0, 0.1) is 46.3 Å². The van der Waals surface area contributed by atoms with E-state index in [2.05, 4.69) is 42.2 Å². The Morgan fingerprint density at radius 1 is 0.786 bits per heavy atom. The van der Waals surface area contributed by atoms with Crippen molar-refractivity contribution in [2.75, 3.05) is 0 Å². The second-order valence-corrected chi connectivity index (χ2v) is 6.62. The van der Waals surface area contributed by atoms with E-state index in [1.54, 1.807) is 0 Å². The molecule has 0 fully saturated rings. The van der Waals surface area contributed by atoms with E-state index in [9.17, 15) is 0 Å². The standard InChI is InChI=1S/C26H16N2/c27-17-23(18-28)20-9-5-6-19(12-14-20)13-15-26-24-10-3-1-7-21(24)16-22-8-2-4-11-25(22)26/h1-12,14,16,20,23H. The van der Waals surface area contributed by atoms with Gasteiger partial charge in [0.05, 0.1) is 12.1 Å². The molecule has 28 heavy (non-hydrogen) atoms. The van der Waals surface area contributed by atoms with Crippen LogP contribution >= 0.6 is 0 Å². The summed E-state index contributed by atoms with van der Waals surface area (Å²) in [5.41, 5.74) is 1.87. The lowest BCUT2D eigenvalue weighted by molar-refractivity contribution is 0.702. The Kier molecular flexibility index (Phi) is 4.76. The number of rotatable bonds is 1. The molecule has 0 saturated heterocycles. The third kappa shape index (κ3) is 3.31. The van der Waals surface area contributed by atoms with Crippen LogP contribution < -0.4 is 0 Å². The molecule has 0 radical (unpaired) electrons. The van der Waals surface area contributed by atoms with Crippen molar-refractivity contribution in [3.8, 4) is 24.0 Å². The van der Waals surface area contributed by atoms with Crippen LogP contribution in [-0.4, -0.2) is 0 Å². The number of allylic oxidation sites excluding steroid dienone is 6. The number of hydrogen-bond donors (Lipinski definition) is 0. The van der Waals surface area contributed by atoms with E-state index < -0.39 is 5.92 Å². The van der Waals surface area contributed by atoms with Crippen molar-refractivity contribution in [2.45, 2.75) is 0 Å². The van der Waals surface area contributed by atoms with Gasteiger partial charge in [0.1, 0.15) is 5.92 Å². The highest BCUT2D eigenvalue weighted by atomic mass is 14.3. The van der Waals surface area contributed by atoms with Crippen molar-refractivity contribution in [3.05, 3.63) is 96.1 Å².